The second kappa shape index (κ2) is 5.98. The maximum Gasteiger partial charge on any atom is 0.299 e. The molecule has 22 heavy (non-hydrogen) atoms. The first kappa shape index (κ1) is 14.9. The second-order valence-electron chi connectivity index (χ2n) is 4.72. The summed E-state index contributed by atoms with van der Waals surface area (Å²) in [5.74, 6) is 0.237. The van der Waals surface area contributed by atoms with Crippen molar-refractivity contribution < 1.29 is 9.32 Å². The van der Waals surface area contributed by atoms with E-state index in [-0.39, 0.29) is 11.7 Å². The van der Waals surface area contributed by atoms with Crippen LogP contribution in [0.4, 0.5) is 5.69 Å². The van der Waals surface area contributed by atoms with E-state index in [4.69, 9.17) is 27.7 Å². The van der Waals surface area contributed by atoms with Crippen LogP contribution in [-0.2, 0) is 0 Å². The van der Waals surface area contributed by atoms with Crippen LogP contribution in [0, 0.1) is 6.92 Å². The fourth-order valence-corrected chi connectivity index (χ4v) is 2.57. The van der Waals surface area contributed by atoms with Gasteiger partial charge in [0.15, 0.2) is 0 Å². The number of para-hydroxylation sites is 1. The maximum atomic E-state index is 12.4. The third-order valence-corrected chi connectivity index (χ3v) is 3.75. The topological polar surface area (TPSA) is 70.7 Å². The van der Waals surface area contributed by atoms with Crippen LogP contribution in [0.1, 0.15) is 16.2 Å². The smallest absolute Gasteiger partial charge is 0.299 e. The number of aromatic nitrogens is 1. The molecule has 6 nitrogen and oxygen atoms in total. The molecule has 114 valence electrons. The summed E-state index contributed by atoms with van der Waals surface area (Å²) in [4.78, 5) is 18.2. The van der Waals surface area contributed by atoms with E-state index in [1.807, 2.05) is 0 Å². The van der Waals surface area contributed by atoms with Gasteiger partial charge >= 0.3 is 0 Å². The molecule has 1 aromatic carbocycles. The number of hydrogen-bond donors (Lipinski definition) is 1. The van der Waals surface area contributed by atoms with Gasteiger partial charge < -0.3 is 9.84 Å². The summed E-state index contributed by atoms with van der Waals surface area (Å²) in [6, 6.07) is 6.74. The number of aliphatic imine (C=N–C) groups is 1. The molecule has 0 unspecified atom stereocenters. The number of nitrogens with zero attached hydrogens (tertiary/aromatic N) is 3. The average molecular weight is 339 g/mol. The quantitative estimate of drug-likeness (QED) is 0.912. The zero-order valence-electron chi connectivity index (χ0n) is 11.6. The highest BCUT2D eigenvalue weighted by Gasteiger charge is 2.28. The van der Waals surface area contributed by atoms with E-state index in [2.05, 4.69) is 15.5 Å². The third kappa shape index (κ3) is 2.80. The van der Waals surface area contributed by atoms with Crippen LogP contribution in [0.5, 0.6) is 0 Å². The summed E-state index contributed by atoms with van der Waals surface area (Å²) in [6.07, 6.45) is 0. The minimum Gasteiger partial charge on any atom is -0.351 e. The first-order valence-electron chi connectivity index (χ1n) is 6.57. The Kier molecular flexibility index (Phi) is 4.04. The zero-order valence-corrected chi connectivity index (χ0v) is 13.1. The van der Waals surface area contributed by atoms with E-state index in [1.54, 1.807) is 31.2 Å². The summed E-state index contributed by atoms with van der Waals surface area (Å²) in [7, 11) is 0. The Morgan fingerprint density at radius 3 is 2.73 bits per heavy atom. The lowest BCUT2D eigenvalue weighted by atomic mass is 10.3. The molecule has 0 aliphatic carbocycles. The molecule has 1 aliphatic heterocycles. The Hall–Kier alpha value is -2.05. The molecule has 1 aromatic heterocycles. The molecule has 8 heteroatoms. The van der Waals surface area contributed by atoms with Crippen LogP contribution in [0.3, 0.4) is 0 Å². The standard InChI is InChI=1S/C14H12Cl2N4O2/c1-8-7-11(22-19-8)13(21)20-6-5-17-14(20)18-12-9(15)3-2-4-10(12)16/h2-4,7H,5-6H2,1H3,(H,17,18). The van der Waals surface area contributed by atoms with Crippen molar-refractivity contribution >= 4 is 40.8 Å². The Bertz CT molecular complexity index is 737. The van der Waals surface area contributed by atoms with Crippen LogP contribution in [0.15, 0.2) is 33.8 Å². The van der Waals surface area contributed by atoms with E-state index < -0.39 is 0 Å². The predicted molar refractivity (Wildman–Crippen MR) is 84.7 cm³/mol. The minimum absolute atomic E-state index is 0.166. The number of carbonyl (C=O) groups excluding carboxylic acids is 1. The normalized spacial score (nSPS) is 14.1. The molecule has 0 saturated heterocycles. The third-order valence-electron chi connectivity index (χ3n) is 3.12. The lowest BCUT2D eigenvalue weighted by Crippen LogP contribution is -2.38. The van der Waals surface area contributed by atoms with E-state index >= 15 is 0 Å². The van der Waals surface area contributed by atoms with Gasteiger partial charge in [-0.2, -0.15) is 0 Å². The summed E-state index contributed by atoms with van der Waals surface area (Å²) in [5, 5.41) is 7.63. The van der Waals surface area contributed by atoms with E-state index in [1.165, 1.54) is 4.90 Å². The first-order chi connectivity index (χ1) is 10.6. The van der Waals surface area contributed by atoms with Gasteiger partial charge in [0, 0.05) is 12.6 Å². The summed E-state index contributed by atoms with van der Waals surface area (Å²) in [6.45, 7) is 2.69. The molecule has 1 N–H and O–H groups in total. The molecule has 0 radical (unpaired) electrons. The van der Waals surface area contributed by atoms with Gasteiger partial charge in [-0.1, -0.05) is 34.4 Å². The lowest BCUT2D eigenvalue weighted by molar-refractivity contribution is 0.0818. The molecule has 3 rings (SSSR count). The SMILES string of the molecule is Cc1cc(C(=O)N2CCN=C2Nc2c(Cl)cccc2Cl)on1. The number of amides is 1. The van der Waals surface area contributed by atoms with Crippen LogP contribution in [0.25, 0.3) is 0 Å². The highest BCUT2D eigenvalue weighted by molar-refractivity contribution is 6.39. The minimum atomic E-state index is -0.312. The molecule has 0 bridgehead atoms. The number of nitrogens with one attached hydrogen (secondary N) is 1. The van der Waals surface area contributed by atoms with Gasteiger partial charge in [-0.15, -0.1) is 0 Å². The largest absolute Gasteiger partial charge is 0.351 e. The highest BCUT2D eigenvalue weighted by atomic mass is 35.5. The summed E-state index contributed by atoms with van der Waals surface area (Å²) < 4.78 is 5.01. The van der Waals surface area contributed by atoms with Crippen molar-refractivity contribution in [2.24, 2.45) is 4.99 Å². The number of hydrogen-bond acceptors (Lipinski definition) is 5. The molecule has 2 heterocycles. The van der Waals surface area contributed by atoms with Crippen molar-refractivity contribution in [3.05, 3.63) is 45.8 Å². The zero-order chi connectivity index (χ0) is 15.7. The molecule has 1 aliphatic rings. The van der Waals surface area contributed by atoms with Crippen molar-refractivity contribution in [1.82, 2.24) is 10.1 Å². The second-order valence-corrected chi connectivity index (χ2v) is 5.53. The van der Waals surface area contributed by atoms with Gasteiger partial charge in [0.05, 0.1) is 28.0 Å². The molecule has 2 aromatic rings. The van der Waals surface area contributed by atoms with Gasteiger partial charge in [0.25, 0.3) is 5.91 Å². The molecule has 0 spiro atoms. The number of anilines is 1. The van der Waals surface area contributed by atoms with Crippen molar-refractivity contribution in [1.29, 1.82) is 0 Å². The summed E-state index contributed by atoms with van der Waals surface area (Å²) >= 11 is 12.2. The van der Waals surface area contributed by atoms with Crippen LogP contribution in [-0.4, -0.2) is 35.0 Å². The fraction of sp³-hybridized carbons (Fsp3) is 0.214. The predicted octanol–water partition coefficient (Wildman–Crippen LogP) is 3.21. The highest BCUT2D eigenvalue weighted by Crippen LogP contribution is 2.30. The Morgan fingerprint density at radius 2 is 2.09 bits per heavy atom. The number of guanidine groups is 1. The molecule has 0 fully saturated rings. The number of halogens is 2. The van der Waals surface area contributed by atoms with Crippen molar-refractivity contribution in [3.8, 4) is 0 Å². The van der Waals surface area contributed by atoms with Crippen LogP contribution in [0.2, 0.25) is 10.0 Å². The van der Waals surface area contributed by atoms with Gasteiger partial charge in [-0.3, -0.25) is 14.7 Å². The van der Waals surface area contributed by atoms with Gasteiger partial charge in [0.2, 0.25) is 11.7 Å². The Labute approximate surface area is 136 Å². The molecular weight excluding hydrogens is 327 g/mol. The average Bonchev–Trinajstić information content (AvgIpc) is 3.11. The monoisotopic (exact) mass is 338 g/mol. The van der Waals surface area contributed by atoms with Gasteiger partial charge in [-0.05, 0) is 19.1 Å². The molecule has 0 saturated carbocycles. The molecule has 1 amide bonds. The van der Waals surface area contributed by atoms with Crippen LogP contribution < -0.4 is 5.32 Å². The molecular formula is C14H12Cl2N4O2. The van der Waals surface area contributed by atoms with E-state index in [9.17, 15) is 4.79 Å². The number of carbonyl (C=O) groups is 1. The Balaban J connectivity index is 1.83. The fourth-order valence-electron chi connectivity index (χ4n) is 2.08. The first-order valence-corrected chi connectivity index (χ1v) is 7.32. The van der Waals surface area contributed by atoms with Gasteiger partial charge in [0.1, 0.15) is 0 Å². The number of aryl methyl sites for hydroxylation is 1. The van der Waals surface area contributed by atoms with Crippen molar-refractivity contribution in [3.63, 3.8) is 0 Å². The maximum absolute atomic E-state index is 12.4. The number of benzene rings is 1. The molecule has 0 atom stereocenters. The van der Waals surface area contributed by atoms with Gasteiger partial charge in [-0.25, -0.2) is 0 Å². The van der Waals surface area contributed by atoms with E-state index in [0.717, 1.165) is 0 Å². The van der Waals surface area contributed by atoms with Crippen LogP contribution >= 0.6 is 23.2 Å². The van der Waals surface area contributed by atoms with Crippen molar-refractivity contribution in [2.45, 2.75) is 6.92 Å². The Morgan fingerprint density at radius 1 is 1.36 bits per heavy atom. The number of rotatable bonds is 2. The summed E-state index contributed by atoms with van der Waals surface area (Å²) in [5.41, 5.74) is 1.15. The van der Waals surface area contributed by atoms with Crippen molar-refractivity contribution in [2.75, 3.05) is 18.4 Å². The van der Waals surface area contributed by atoms with E-state index in [0.29, 0.717) is 40.5 Å². The lowest BCUT2D eigenvalue weighted by Gasteiger charge is -2.19.